The summed E-state index contributed by atoms with van der Waals surface area (Å²) in [5.41, 5.74) is 2.74. The fourth-order valence-electron chi connectivity index (χ4n) is 3.03. The number of nitrogens with zero attached hydrogens (tertiary/aromatic N) is 1. The quantitative estimate of drug-likeness (QED) is 0.899. The van der Waals surface area contributed by atoms with Crippen LogP contribution in [0.3, 0.4) is 0 Å². The van der Waals surface area contributed by atoms with Crippen molar-refractivity contribution in [2.45, 2.75) is 25.7 Å². The fourth-order valence-corrected chi connectivity index (χ4v) is 4.32. The molecule has 1 aromatic carbocycles. The minimum Gasteiger partial charge on any atom is -0.383 e. The van der Waals surface area contributed by atoms with Crippen LogP contribution in [-0.4, -0.2) is 31.1 Å². The lowest BCUT2D eigenvalue weighted by Gasteiger charge is -2.31. The molecule has 0 aliphatic carbocycles. The lowest BCUT2D eigenvalue weighted by molar-refractivity contribution is 0.577. The van der Waals surface area contributed by atoms with E-state index in [2.05, 4.69) is 46.2 Å². The van der Waals surface area contributed by atoms with Gasteiger partial charge < -0.3 is 10.2 Å². The molecular formula is C16H24N2S. The Labute approximate surface area is 121 Å². The van der Waals surface area contributed by atoms with Crippen LogP contribution in [0.1, 0.15) is 25.7 Å². The first kappa shape index (κ1) is 13.2. The lowest BCUT2D eigenvalue weighted by Crippen LogP contribution is -2.30. The number of anilines is 2. The zero-order valence-corrected chi connectivity index (χ0v) is 12.4. The van der Waals surface area contributed by atoms with Crippen LogP contribution in [0.15, 0.2) is 24.3 Å². The molecule has 104 valence electrons. The summed E-state index contributed by atoms with van der Waals surface area (Å²) in [6.45, 7) is 3.58. The normalized spacial score (nSPS) is 23.6. The standard InChI is InChI=1S/C16H24N2S/c1-4-9-18(10-5-1)16-7-3-2-6-15(16)17-12-14-8-11-19-13-14/h2-3,6-7,14,17H,1,4-5,8-13H2. The van der Waals surface area contributed by atoms with Crippen molar-refractivity contribution in [1.29, 1.82) is 0 Å². The summed E-state index contributed by atoms with van der Waals surface area (Å²) in [6, 6.07) is 8.84. The maximum Gasteiger partial charge on any atom is 0.0602 e. The van der Waals surface area contributed by atoms with Crippen LogP contribution < -0.4 is 10.2 Å². The second kappa shape index (κ2) is 6.56. The number of hydrogen-bond acceptors (Lipinski definition) is 3. The summed E-state index contributed by atoms with van der Waals surface area (Å²) in [7, 11) is 0. The SMILES string of the molecule is c1ccc(N2CCCCC2)c(NCC2CCSC2)c1. The molecule has 0 radical (unpaired) electrons. The Kier molecular flexibility index (Phi) is 4.54. The average Bonchev–Trinajstić information content (AvgIpc) is 3.00. The zero-order valence-electron chi connectivity index (χ0n) is 11.6. The van der Waals surface area contributed by atoms with Gasteiger partial charge in [0, 0.05) is 19.6 Å². The van der Waals surface area contributed by atoms with Crippen molar-refractivity contribution in [3.8, 4) is 0 Å². The molecule has 1 atom stereocenters. The number of piperidine rings is 1. The van der Waals surface area contributed by atoms with Gasteiger partial charge in [-0.25, -0.2) is 0 Å². The minimum absolute atomic E-state index is 0.861. The van der Waals surface area contributed by atoms with Gasteiger partial charge in [0.1, 0.15) is 0 Å². The Bertz CT molecular complexity index is 395. The van der Waals surface area contributed by atoms with Crippen LogP contribution in [0.2, 0.25) is 0 Å². The van der Waals surface area contributed by atoms with E-state index in [0.717, 1.165) is 12.5 Å². The predicted octanol–water partition coefficient (Wildman–Crippen LogP) is 3.84. The van der Waals surface area contributed by atoms with Gasteiger partial charge in [-0.2, -0.15) is 11.8 Å². The van der Waals surface area contributed by atoms with E-state index in [0.29, 0.717) is 0 Å². The molecule has 1 aromatic rings. The van der Waals surface area contributed by atoms with E-state index >= 15 is 0 Å². The molecule has 0 amide bonds. The molecule has 2 saturated heterocycles. The van der Waals surface area contributed by atoms with E-state index in [1.807, 2.05) is 0 Å². The van der Waals surface area contributed by atoms with Gasteiger partial charge >= 0.3 is 0 Å². The van der Waals surface area contributed by atoms with Crippen LogP contribution in [0.4, 0.5) is 11.4 Å². The number of benzene rings is 1. The van der Waals surface area contributed by atoms with Gasteiger partial charge in [-0.05, 0) is 55.2 Å². The molecule has 19 heavy (non-hydrogen) atoms. The highest BCUT2D eigenvalue weighted by atomic mass is 32.2. The molecule has 2 aliphatic rings. The van der Waals surface area contributed by atoms with Gasteiger partial charge in [0.05, 0.1) is 11.4 Å². The van der Waals surface area contributed by atoms with Crippen molar-refractivity contribution in [3.05, 3.63) is 24.3 Å². The lowest BCUT2D eigenvalue weighted by atomic mass is 10.1. The third-order valence-electron chi connectivity index (χ3n) is 4.21. The molecule has 3 rings (SSSR count). The molecule has 0 spiro atoms. The van der Waals surface area contributed by atoms with Crippen LogP contribution >= 0.6 is 11.8 Å². The summed E-state index contributed by atoms with van der Waals surface area (Å²) in [6.07, 6.45) is 5.45. The van der Waals surface area contributed by atoms with Gasteiger partial charge in [-0.3, -0.25) is 0 Å². The van der Waals surface area contributed by atoms with E-state index in [9.17, 15) is 0 Å². The predicted molar refractivity (Wildman–Crippen MR) is 86.4 cm³/mol. The topological polar surface area (TPSA) is 15.3 Å². The second-order valence-electron chi connectivity index (χ2n) is 5.68. The van der Waals surface area contributed by atoms with Crippen molar-refractivity contribution in [1.82, 2.24) is 0 Å². The maximum atomic E-state index is 3.70. The van der Waals surface area contributed by atoms with E-state index in [1.54, 1.807) is 0 Å². The Hall–Kier alpha value is -0.830. The van der Waals surface area contributed by atoms with E-state index < -0.39 is 0 Å². The van der Waals surface area contributed by atoms with Crippen LogP contribution in [0, 0.1) is 5.92 Å². The van der Waals surface area contributed by atoms with Crippen LogP contribution in [-0.2, 0) is 0 Å². The van der Waals surface area contributed by atoms with E-state index in [1.165, 1.54) is 61.7 Å². The van der Waals surface area contributed by atoms with Gasteiger partial charge in [0.25, 0.3) is 0 Å². The summed E-state index contributed by atoms with van der Waals surface area (Å²) >= 11 is 2.10. The molecule has 0 bridgehead atoms. The summed E-state index contributed by atoms with van der Waals surface area (Å²) in [5, 5.41) is 3.70. The molecule has 2 nitrogen and oxygen atoms in total. The van der Waals surface area contributed by atoms with Crippen molar-refractivity contribution in [2.75, 3.05) is 41.4 Å². The number of nitrogens with one attached hydrogen (secondary N) is 1. The second-order valence-corrected chi connectivity index (χ2v) is 6.83. The third kappa shape index (κ3) is 3.38. The Balaban J connectivity index is 1.65. The first-order chi connectivity index (χ1) is 9.43. The van der Waals surface area contributed by atoms with E-state index in [4.69, 9.17) is 0 Å². The molecule has 3 heteroatoms. The van der Waals surface area contributed by atoms with Crippen molar-refractivity contribution >= 4 is 23.1 Å². The van der Waals surface area contributed by atoms with Crippen molar-refractivity contribution in [2.24, 2.45) is 5.92 Å². The molecule has 2 fully saturated rings. The minimum atomic E-state index is 0.861. The molecule has 1 unspecified atom stereocenters. The molecule has 2 aliphatic heterocycles. The monoisotopic (exact) mass is 276 g/mol. The van der Waals surface area contributed by atoms with Crippen LogP contribution in [0.25, 0.3) is 0 Å². The number of hydrogen-bond donors (Lipinski definition) is 1. The number of para-hydroxylation sites is 2. The molecule has 2 heterocycles. The fraction of sp³-hybridized carbons (Fsp3) is 0.625. The Morgan fingerprint density at radius 1 is 1.16 bits per heavy atom. The molecule has 1 N–H and O–H groups in total. The van der Waals surface area contributed by atoms with Gasteiger partial charge in [-0.1, -0.05) is 12.1 Å². The third-order valence-corrected chi connectivity index (χ3v) is 5.44. The zero-order chi connectivity index (χ0) is 12.9. The summed E-state index contributed by atoms with van der Waals surface area (Å²) in [4.78, 5) is 2.55. The van der Waals surface area contributed by atoms with Gasteiger partial charge in [-0.15, -0.1) is 0 Å². The van der Waals surface area contributed by atoms with Crippen LogP contribution in [0.5, 0.6) is 0 Å². The number of rotatable bonds is 4. The highest BCUT2D eigenvalue weighted by molar-refractivity contribution is 7.99. The first-order valence-corrected chi connectivity index (χ1v) is 8.74. The van der Waals surface area contributed by atoms with E-state index in [-0.39, 0.29) is 0 Å². The van der Waals surface area contributed by atoms with Gasteiger partial charge in [0.15, 0.2) is 0 Å². The molecule has 0 aromatic heterocycles. The Morgan fingerprint density at radius 2 is 2.00 bits per heavy atom. The highest BCUT2D eigenvalue weighted by Crippen LogP contribution is 2.29. The maximum absolute atomic E-state index is 3.70. The van der Waals surface area contributed by atoms with Crippen molar-refractivity contribution < 1.29 is 0 Å². The Morgan fingerprint density at radius 3 is 2.79 bits per heavy atom. The molecular weight excluding hydrogens is 252 g/mol. The highest BCUT2D eigenvalue weighted by Gasteiger charge is 2.17. The number of thioether (sulfide) groups is 1. The first-order valence-electron chi connectivity index (χ1n) is 7.59. The molecule has 0 saturated carbocycles. The smallest absolute Gasteiger partial charge is 0.0602 e. The average molecular weight is 276 g/mol. The largest absolute Gasteiger partial charge is 0.383 e. The summed E-state index contributed by atoms with van der Waals surface area (Å²) < 4.78 is 0. The summed E-state index contributed by atoms with van der Waals surface area (Å²) in [5.74, 6) is 3.54. The van der Waals surface area contributed by atoms with Gasteiger partial charge in [0.2, 0.25) is 0 Å². The van der Waals surface area contributed by atoms with Crippen molar-refractivity contribution in [3.63, 3.8) is 0 Å².